The molecule has 0 amide bonds. The largest absolute Gasteiger partial charge is 0.481 e. The molecule has 0 saturated carbocycles. The third-order valence-electron chi connectivity index (χ3n) is 4.09. The van der Waals surface area contributed by atoms with Gasteiger partial charge in [0.25, 0.3) is 0 Å². The molecule has 1 aliphatic rings. The van der Waals surface area contributed by atoms with Crippen LogP contribution in [-0.2, 0) is 23.9 Å². The van der Waals surface area contributed by atoms with E-state index in [0.717, 1.165) is 0 Å². The number of allylic oxidation sites excluding steroid dienone is 2. The van der Waals surface area contributed by atoms with Gasteiger partial charge in [0, 0.05) is 24.8 Å². The number of carbonyl (C=O) groups is 4. The van der Waals surface area contributed by atoms with Crippen LogP contribution >= 0.6 is 0 Å². The molecule has 0 radical (unpaired) electrons. The van der Waals surface area contributed by atoms with Gasteiger partial charge in [0.1, 0.15) is 0 Å². The van der Waals surface area contributed by atoms with Gasteiger partial charge in [0.05, 0.1) is 19.1 Å². The lowest BCUT2D eigenvalue weighted by Crippen LogP contribution is -2.12. The number of aliphatic hydroxyl groups is 1. The fourth-order valence-electron chi connectivity index (χ4n) is 2.54. The average Bonchev–Trinajstić information content (AvgIpc) is 2.82. The van der Waals surface area contributed by atoms with Crippen LogP contribution in [0.3, 0.4) is 0 Å². The molecule has 7 heteroatoms. The Kier molecular flexibility index (Phi) is 8.21. The summed E-state index contributed by atoms with van der Waals surface area (Å²) < 4.78 is 4.51. The molecule has 0 bridgehead atoms. The van der Waals surface area contributed by atoms with Gasteiger partial charge < -0.3 is 14.9 Å². The molecule has 0 aromatic carbocycles. The highest BCUT2D eigenvalue weighted by Gasteiger charge is 2.31. The fourth-order valence-corrected chi connectivity index (χ4v) is 2.54. The van der Waals surface area contributed by atoms with Crippen molar-refractivity contribution in [3.8, 4) is 0 Å². The SMILES string of the molecule is COC(=O)CCCCC(=O)/C=C/C1=C(CC(C)C(=O)O)C(=O)CC1O. The van der Waals surface area contributed by atoms with Crippen LogP contribution in [0.15, 0.2) is 23.3 Å². The second-order valence-electron chi connectivity index (χ2n) is 6.10. The van der Waals surface area contributed by atoms with Gasteiger partial charge in [-0.05, 0) is 30.9 Å². The van der Waals surface area contributed by atoms with E-state index in [1.54, 1.807) is 0 Å². The van der Waals surface area contributed by atoms with Crippen molar-refractivity contribution in [2.24, 2.45) is 5.92 Å². The van der Waals surface area contributed by atoms with E-state index in [9.17, 15) is 24.3 Å². The highest BCUT2D eigenvalue weighted by molar-refractivity contribution is 6.01. The van der Waals surface area contributed by atoms with Gasteiger partial charge in [0.15, 0.2) is 11.6 Å². The predicted octanol–water partition coefficient (Wildman–Crippen LogP) is 1.59. The maximum Gasteiger partial charge on any atom is 0.306 e. The third-order valence-corrected chi connectivity index (χ3v) is 4.09. The summed E-state index contributed by atoms with van der Waals surface area (Å²) >= 11 is 0. The van der Waals surface area contributed by atoms with Crippen molar-refractivity contribution in [2.45, 2.75) is 51.6 Å². The Labute approximate surface area is 146 Å². The molecule has 0 aromatic rings. The number of Topliss-reactive ketones (excluding diaryl/α,β-unsaturated/α-hetero) is 1. The summed E-state index contributed by atoms with van der Waals surface area (Å²) in [6.07, 6.45) is 3.19. The Bertz CT molecular complexity index is 601. The molecule has 0 saturated heterocycles. The summed E-state index contributed by atoms with van der Waals surface area (Å²) in [7, 11) is 1.31. The normalized spacial score (nSPS) is 18.7. The highest BCUT2D eigenvalue weighted by Crippen LogP contribution is 2.29. The van der Waals surface area contributed by atoms with Gasteiger partial charge in [0.2, 0.25) is 0 Å². The van der Waals surface area contributed by atoms with Crippen LogP contribution in [0.1, 0.15) is 45.4 Å². The number of aliphatic carboxylic acids is 1. The summed E-state index contributed by atoms with van der Waals surface area (Å²) in [6, 6.07) is 0. The standard InChI is InChI=1S/C18H24O7/c1-11(18(23)24)9-14-13(15(20)10-16(14)21)8-7-12(19)5-3-4-6-17(22)25-2/h7-8,11,15,20H,3-6,9-10H2,1-2H3,(H,23,24)/b8-7+. The maximum absolute atomic E-state index is 11.9. The van der Waals surface area contributed by atoms with E-state index in [4.69, 9.17) is 5.11 Å². The molecule has 7 nitrogen and oxygen atoms in total. The number of carbonyl (C=O) groups excluding carboxylic acids is 3. The number of carboxylic acids is 1. The van der Waals surface area contributed by atoms with E-state index < -0.39 is 18.0 Å². The summed E-state index contributed by atoms with van der Waals surface area (Å²) in [5, 5.41) is 18.9. The smallest absolute Gasteiger partial charge is 0.306 e. The van der Waals surface area contributed by atoms with E-state index in [2.05, 4.69) is 4.74 Å². The van der Waals surface area contributed by atoms with Crippen molar-refractivity contribution in [2.75, 3.05) is 7.11 Å². The number of methoxy groups -OCH3 is 1. The molecular formula is C18H24O7. The molecule has 2 atom stereocenters. The number of ketones is 2. The number of hydrogen-bond acceptors (Lipinski definition) is 6. The van der Waals surface area contributed by atoms with E-state index in [-0.39, 0.29) is 48.8 Å². The van der Waals surface area contributed by atoms with Gasteiger partial charge in [-0.1, -0.05) is 13.0 Å². The van der Waals surface area contributed by atoms with Crippen LogP contribution in [0.2, 0.25) is 0 Å². The molecule has 0 aliphatic heterocycles. The Morgan fingerprint density at radius 3 is 2.52 bits per heavy atom. The van der Waals surface area contributed by atoms with Crippen LogP contribution in [-0.4, -0.2) is 46.9 Å². The first-order chi connectivity index (χ1) is 11.8. The Hall–Kier alpha value is -2.28. The van der Waals surface area contributed by atoms with Crippen molar-refractivity contribution in [3.63, 3.8) is 0 Å². The maximum atomic E-state index is 11.9. The topological polar surface area (TPSA) is 118 Å². The minimum Gasteiger partial charge on any atom is -0.481 e. The van der Waals surface area contributed by atoms with Crippen LogP contribution in [0, 0.1) is 5.92 Å². The number of esters is 1. The number of unbranched alkanes of at least 4 members (excludes halogenated alkanes) is 1. The molecule has 138 valence electrons. The molecule has 0 heterocycles. The number of carboxylic acid groups (broad SMARTS) is 1. The molecule has 2 N–H and O–H groups in total. The molecule has 0 spiro atoms. The quantitative estimate of drug-likeness (QED) is 0.348. The monoisotopic (exact) mass is 352 g/mol. The summed E-state index contributed by atoms with van der Waals surface area (Å²) in [5.74, 6) is -2.56. The zero-order valence-corrected chi connectivity index (χ0v) is 14.5. The van der Waals surface area contributed by atoms with Gasteiger partial charge in [-0.25, -0.2) is 0 Å². The zero-order valence-electron chi connectivity index (χ0n) is 14.5. The number of aliphatic hydroxyl groups excluding tert-OH is 1. The van der Waals surface area contributed by atoms with Crippen LogP contribution in [0.5, 0.6) is 0 Å². The average molecular weight is 352 g/mol. The second kappa shape index (κ2) is 9.88. The van der Waals surface area contributed by atoms with E-state index >= 15 is 0 Å². The lowest BCUT2D eigenvalue weighted by Gasteiger charge is -2.08. The summed E-state index contributed by atoms with van der Waals surface area (Å²) in [5.41, 5.74) is 0.596. The van der Waals surface area contributed by atoms with Crippen molar-refractivity contribution >= 4 is 23.5 Å². The lowest BCUT2D eigenvalue weighted by molar-refractivity contribution is -0.141. The molecule has 0 aromatic heterocycles. The highest BCUT2D eigenvalue weighted by atomic mass is 16.5. The minimum absolute atomic E-state index is 0.0260. The van der Waals surface area contributed by atoms with Crippen molar-refractivity contribution in [1.29, 1.82) is 0 Å². The molecule has 2 unspecified atom stereocenters. The number of hydrogen-bond donors (Lipinski definition) is 2. The van der Waals surface area contributed by atoms with Crippen molar-refractivity contribution < 1.29 is 34.1 Å². The van der Waals surface area contributed by atoms with Crippen LogP contribution in [0.25, 0.3) is 0 Å². The number of ether oxygens (including phenoxy) is 1. The number of rotatable bonds is 10. The minimum atomic E-state index is -1.02. The second-order valence-corrected chi connectivity index (χ2v) is 6.10. The van der Waals surface area contributed by atoms with Crippen molar-refractivity contribution in [3.05, 3.63) is 23.3 Å². The predicted molar refractivity (Wildman–Crippen MR) is 88.7 cm³/mol. The Morgan fingerprint density at radius 1 is 1.28 bits per heavy atom. The molecule has 1 rings (SSSR count). The van der Waals surface area contributed by atoms with Gasteiger partial charge in [-0.15, -0.1) is 0 Å². The van der Waals surface area contributed by atoms with Gasteiger partial charge >= 0.3 is 11.9 Å². The van der Waals surface area contributed by atoms with Crippen LogP contribution < -0.4 is 0 Å². The fraction of sp³-hybridized carbons (Fsp3) is 0.556. The molecule has 25 heavy (non-hydrogen) atoms. The van der Waals surface area contributed by atoms with Crippen LogP contribution in [0.4, 0.5) is 0 Å². The first-order valence-electron chi connectivity index (χ1n) is 8.21. The first-order valence-corrected chi connectivity index (χ1v) is 8.21. The first kappa shape index (κ1) is 20.8. The van der Waals surface area contributed by atoms with Crippen molar-refractivity contribution in [1.82, 2.24) is 0 Å². The van der Waals surface area contributed by atoms with E-state index in [0.29, 0.717) is 18.4 Å². The molecule has 1 aliphatic carbocycles. The molecular weight excluding hydrogens is 328 g/mol. The van der Waals surface area contributed by atoms with Gasteiger partial charge in [-0.2, -0.15) is 0 Å². The lowest BCUT2D eigenvalue weighted by atomic mass is 9.97. The zero-order chi connectivity index (χ0) is 19.0. The molecule has 0 fully saturated rings. The van der Waals surface area contributed by atoms with E-state index in [1.807, 2.05) is 0 Å². The Morgan fingerprint density at radius 2 is 1.92 bits per heavy atom. The Balaban J connectivity index is 2.65. The van der Waals surface area contributed by atoms with E-state index in [1.165, 1.54) is 26.2 Å². The third kappa shape index (κ3) is 6.62. The summed E-state index contributed by atoms with van der Waals surface area (Å²) in [6.45, 7) is 1.49. The van der Waals surface area contributed by atoms with Gasteiger partial charge in [-0.3, -0.25) is 19.2 Å². The summed E-state index contributed by atoms with van der Waals surface area (Å²) in [4.78, 5) is 45.7.